The van der Waals surface area contributed by atoms with E-state index in [4.69, 9.17) is 61.9 Å². The number of hydrogen-bond donors (Lipinski definition) is 11. The minimum atomic E-state index is -1.97. The van der Waals surface area contributed by atoms with Gasteiger partial charge in [-0.25, -0.2) is 0 Å². The fourth-order valence-corrected chi connectivity index (χ4v) is 11.9. The van der Waals surface area contributed by atoms with Crippen LogP contribution in [0.1, 0.15) is 115 Å². The lowest BCUT2D eigenvalue weighted by molar-refractivity contribution is -0.334. The molecule has 0 spiro atoms. The zero-order valence-corrected chi connectivity index (χ0v) is 47.6. The molecule has 5 heterocycles. The Bertz CT molecular complexity index is 2630. The number of phenolic OH excluding ortho intramolecular Hbond substituents is 2. The number of esters is 1. The molecule has 25 atom stereocenters. The summed E-state index contributed by atoms with van der Waals surface area (Å²) in [4.78, 5) is 52.4. The number of ketones is 2. The molecule has 0 bridgehead atoms. The highest BCUT2D eigenvalue weighted by Crippen LogP contribution is 2.48. The van der Waals surface area contributed by atoms with Gasteiger partial charge in [0, 0.05) is 50.7 Å². The lowest BCUT2D eigenvalue weighted by Gasteiger charge is -2.46. The van der Waals surface area contributed by atoms with E-state index in [1.165, 1.54) is 53.9 Å². The van der Waals surface area contributed by atoms with Gasteiger partial charge in [-0.05, 0) is 84.9 Å². The topological polar surface area (TPSA) is 402 Å². The van der Waals surface area contributed by atoms with Crippen molar-refractivity contribution in [3.63, 3.8) is 0 Å². The number of aromatic hydroxyl groups is 2. The molecule has 5 saturated heterocycles. The Balaban J connectivity index is 1.02. The molecule has 5 fully saturated rings. The highest BCUT2D eigenvalue weighted by Gasteiger charge is 2.52. The van der Waals surface area contributed by atoms with Crippen LogP contribution in [-0.2, 0) is 72.9 Å². The summed E-state index contributed by atoms with van der Waals surface area (Å²) in [6.45, 7) is 11.9. The number of rotatable bonds is 19. The van der Waals surface area contributed by atoms with Crippen LogP contribution >= 0.6 is 0 Å². The quantitative estimate of drug-likeness (QED) is 0.0835. The number of Topliss-reactive ketones (excluding diaryl/α,β-unsaturated/α-hetero) is 2. The molecule has 2 aromatic carbocycles. The number of fused-ring (bicyclic) bond motifs is 2. The fourth-order valence-electron chi connectivity index (χ4n) is 11.9. The fraction of sp³-hybridized carbons (Fsp3) is 0.750. The van der Waals surface area contributed by atoms with Crippen molar-refractivity contribution < 1.29 is 132 Å². The number of hydrogen-bond acceptors (Lipinski definition) is 26. The number of carbonyl (C=O) groups is 4. The number of carbonyl (C=O) groups excluding carboxylic acids is 3. The van der Waals surface area contributed by atoms with Crippen LogP contribution in [0.15, 0.2) is 12.1 Å². The SMILES string of the molecule is CO[C@H](C(=O)[C@@H](O)[C@@H](C)O)[C@@H]1Cc2cc3cc(O[C@H]4C[C@@H](O[C@H]5C[C@@H](OC(=O)CCC(=O)O)[C@H](O)C(C)O5)[C@H](O)C(C)O4)c(C)c(O)c3c(O)c2C(=O)[C@H]1O[C@H]1C[C@@H](O[C@H]2C[C@@H](O[C@H]3C[C@](C)(O)[C@H](O)C(C)O3)[C@@H](O)C(C)O2)[C@H](O)C(C)O1. The molecule has 0 radical (unpaired) electrons. The van der Waals surface area contributed by atoms with Crippen molar-refractivity contribution >= 4 is 34.3 Å². The van der Waals surface area contributed by atoms with Crippen molar-refractivity contribution in [3.8, 4) is 17.2 Å². The molecular weight excluding hydrogens is 1100 g/mol. The first-order valence-electron chi connectivity index (χ1n) is 28.1. The first kappa shape index (κ1) is 64.7. The second-order valence-electron chi connectivity index (χ2n) is 23.1. The number of ether oxygens (including phenoxy) is 12. The zero-order valence-electron chi connectivity index (χ0n) is 47.6. The molecule has 2 aromatic rings. The monoisotopic (exact) mass is 1180 g/mol. The largest absolute Gasteiger partial charge is 0.507 e. The summed E-state index contributed by atoms with van der Waals surface area (Å²) in [5.41, 5.74) is -1.60. The maximum atomic E-state index is 15.1. The van der Waals surface area contributed by atoms with E-state index in [0.29, 0.717) is 0 Å². The van der Waals surface area contributed by atoms with Crippen molar-refractivity contribution in [1.29, 1.82) is 0 Å². The first-order valence-corrected chi connectivity index (χ1v) is 28.1. The standard InChI is InChI=1S/C56H80O27/c1-20-30(79-37-16-32(47(64)23(4)73-37)80-38-15-31(46(63)22(3)74-38)78-36(60)11-10-35(58)59)14-28-12-27-13-29(53(72-9)52(69)45(62)21(2)57)54(51(68)43(27)50(67)42(28)44(20)61)83-40-18-33(48(65)25(6)76-40)81-39-17-34(49(66)24(5)75-39)82-41-19-56(8,71)55(70)26(7)77-41/h12,14,21-26,29,31-34,37-41,45-49,53-55,57,61-67,70-71H,10-11,13,15-19H2,1-9H3,(H,58,59)/t21-,22?,23?,24?,25?,26?,29+,31-,32-,33-,34-,37+,38+,39+,40+,41+,45+,46-,47-,48-,49+,53+,54+,55-,56+/m1/s1. The normalized spacial score (nSPS) is 39.8. The molecule has 6 aliphatic rings. The van der Waals surface area contributed by atoms with E-state index >= 15 is 4.79 Å². The summed E-state index contributed by atoms with van der Waals surface area (Å²) in [7, 11) is 1.17. The van der Waals surface area contributed by atoms with Crippen LogP contribution in [0.4, 0.5) is 0 Å². The van der Waals surface area contributed by atoms with Crippen LogP contribution in [0.3, 0.4) is 0 Å². The van der Waals surface area contributed by atoms with Gasteiger partial charge in [0.15, 0.2) is 36.7 Å². The van der Waals surface area contributed by atoms with E-state index in [9.17, 15) is 65.4 Å². The molecule has 5 aliphatic heterocycles. The molecule has 466 valence electrons. The van der Waals surface area contributed by atoms with Gasteiger partial charge in [0.1, 0.15) is 72.2 Å². The minimum absolute atomic E-state index is 0.0447. The summed E-state index contributed by atoms with van der Waals surface area (Å²) in [5.74, 6) is -6.33. The number of carboxylic acids is 1. The van der Waals surface area contributed by atoms with Gasteiger partial charge in [-0.15, -0.1) is 0 Å². The van der Waals surface area contributed by atoms with E-state index in [1.54, 1.807) is 20.8 Å². The number of phenols is 2. The third-order valence-electron chi connectivity index (χ3n) is 16.7. The predicted molar refractivity (Wildman–Crippen MR) is 279 cm³/mol. The van der Waals surface area contributed by atoms with Crippen molar-refractivity contribution in [1.82, 2.24) is 0 Å². The van der Waals surface area contributed by atoms with Gasteiger partial charge in [0.2, 0.25) is 6.29 Å². The van der Waals surface area contributed by atoms with Gasteiger partial charge in [0.05, 0.1) is 84.3 Å². The number of carboxylic acid groups (broad SMARTS) is 1. The van der Waals surface area contributed by atoms with Crippen molar-refractivity contribution in [2.24, 2.45) is 5.92 Å². The van der Waals surface area contributed by atoms with Crippen molar-refractivity contribution in [2.75, 3.05) is 7.11 Å². The average Bonchev–Trinajstić information content (AvgIpc) is 1.33. The van der Waals surface area contributed by atoms with E-state index in [-0.39, 0.29) is 71.7 Å². The van der Waals surface area contributed by atoms with Gasteiger partial charge in [-0.1, -0.05) is 0 Å². The Labute approximate surface area is 478 Å². The van der Waals surface area contributed by atoms with Gasteiger partial charge in [-0.3, -0.25) is 19.2 Å². The molecule has 5 unspecified atom stereocenters. The molecular formula is C56H80O27. The van der Waals surface area contributed by atoms with Gasteiger partial charge in [0.25, 0.3) is 0 Å². The Hall–Kier alpha value is -4.34. The van der Waals surface area contributed by atoms with Crippen molar-refractivity contribution in [2.45, 2.75) is 254 Å². The molecule has 27 heteroatoms. The number of benzene rings is 2. The Morgan fingerprint density at radius 1 is 0.687 bits per heavy atom. The summed E-state index contributed by atoms with van der Waals surface area (Å²) in [6, 6.07) is 2.97. The van der Waals surface area contributed by atoms with Crippen LogP contribution in [0.25, 0.3) is 10.8 Å². The number of aliphatic carboxylic acids is 1. The Kier molecular flexibility index (Phi) is 20.5. The summed E-state index contributed by atoms with van der Waals surface area (Å²) >= 11 is 0. The lowest BCUT2D eigenvalue weighted by atomic mass is 9.75. The van der Waals surface area contributed by atoms with E-state index in [0.717, 1.165) is 0 Å². The number of aliphatic hydroxyl groups is 8. The molecule has 1 aliphatic carbocycles. The van der Waals surface area contributed by atoms with E-state index in [1.807, 2.05) is 0 Å². The first-order chi connectivity index (χ1) is 39.0. The smallest absolute Gasteiger partial charge is 0.306 e. The minimum Gasteiger partial charge on any atom is -0.507 e. The lowest BCUT2D eigenvalue weighted by Crippen LogP contribution is -2.58. The summed E-state index contributed by atoms with van der Waals surface area (Å²) in [6.07, 6.45) is -29.4. The number of methoxy groups -OCH3 is 1. The summed E-state index contributed by atoms with van der Waals surface area (Å²) in [5, 5.41) is 120. The molecule has 0 amide bonds. The van der Waals surface area contributed by atoms with Crippen LogP contribution in [0, 0.1) is 12.8 Å². The van der Waals surface area contributed by atoms with Crippen LogP contribution < -0.4 is 4.74 Å². The number of aliphatic hydroxyl groups excluding tert-OH is 7. The molecule has 0 saturated carbocycles. The van der Waals surface area contributed by atoms with E-state index < -0.39 is 201 Å². The van der Waals surface area contributed by atoms with E-state index in [2.05, 4.69) is 0 Å². The third-order valence-corrected chi connectivity index (χ3v) is 16.7. The third kappa shape index (κ3) is 14.1. The van der Waals surface area contributed by atoms with Crippen LogP contribution in [0.2, 0.25) is 0 Å². The van der Waals surface area contributed by atoms with Crippen molar-refractivity contribution in [3.05, 3.63) is 28.8 Å². The van der Waals surface area contributed by atoms with Crippen LogP contribution in [0.5, 0.6) is 17.2 Å². The maximum Gasteiger partial charge on any atom is 0.306 e. The average molecular weight is 1190 g/mol. The van der Waals surface area contributed by atoms with Crippen LogP contribution in [-0.4, -0.2) is 234 Å². The second kappa shape index (κ2) is 26.3. The Morgan fingerprint density at radius 3 is 1.69 bits per heavy atom. The van der Waals surface area contributed by atoms with Gasteiger partial charge in [-0.2, -0.15) is 0 Å². The predicted octanol–water partition coefficient (Wildman–Crippen LogP) is 0.166. The molecule has 27 nitrogen and oxygen atoms in total. The zero-order chi connectivity index (χ0) is 60.8. The molecule has 0 aromatic heterocycles. The molecule has 8 rings (SSSR count). The molecule has 83 heavy (non-hydrogen) atoms. The van der Waals surface area contributed by atoms with Gasteiger partial charge < -0.3 is 113 Å². The second-order valence-corrected chi connectivity index (χ2v) is 23.1. The van der Waals surface area contributed by atoms with Gasteiger partial charge >= 0.3 is 11.9 Å². The molecule has 11 N–H and O–H groups in total. The summed E-state index contributed by atoms with van der Waals surface area (Å²) < 4.78 is 72.2. The Morgan fingerprint density at radius 2 is 1.17 bits per heavy atom. The maximum absolute atomic E-state index is 15.1. The highest BCUT2D eigenvalue weighted by atomic mass is 16.7. The highest BCUT2D eigenvalue weighted by molar-refractivity contribution is 6.11.